The highest BCUT2D eigenvalue weighted by atomic mass is 32.2. The van der Waals surface area contributed by atoms with Crippen LogP contribution in [0.25, 0.3) is 0 Å². The molecular weight excluding hydrogens is 429 g/mol. The van der Waals surface area contributed by atoms with E-state index in [-0.39, 0.29) is 11.7 Å². The van der Waals surface area contributed by atoms with Crippen molar-refractivity contribution >= 4 is 23.4 Å². The highest BCUT2D eigenvalue weighted by Gasteiger charge is 2.31. The summed E-state index contributed by atoms with van der Waals surface area (Å²) in [5.74, 6) is 0.239. The number of halogens is 3. The van der Waals surface area contributed by atoms with E-state index in [1.807, 2.05) is 9.58 Å². The fraction of sp³-hybridized carbons (Fsp3) is 0.600. The summed E-state index contributed by atoms with van der Waals surface area (Å²) in [6, 6.07) is 5.63. The predicted octanol–water partition coefficient (Wildman–Crippen LogP) is 3.64. The molecule has 1 amide bonds. The number of hydrogen-bond acceptors (Lipinski definition) is 6. The topological polar surface area (TPSA) is 67.2 Å². The molecule has 2 fully saturated rings. The van der Waals surface area contributed by atoms with Crippen LogP contribution < -0.4 is 4.90 Å². The molecule has 1 saturated carbocycles. The van der Waals surface area contributed by atoms with Crippen LogP contribution in [0.5, 0.6) is 0 Å². The Kier molecular flexibility index (Phi) is 6.68. The molecule has 1 aromatic heterocycles. The molecule has 4 rings (SSSR count). The van der Waals surface area contributed by atoms with Crippen molar-refractivity contribution in [1.29, 1.82) is 0 Å². The fourth-order valence-electron chi connectivity index (χ4n) is 4.15. The molecule has 1 saturated heterocycles. The molecule has 2 aromatic rings. The monoisotopic (exact) mass is 454 g/mol. The van der Waals surface area contributed by atoms with E-state index < -0.39 is 11.7 Å². The van der Waals surface area contributed by atoms with E-state index in [1.54, 1.807) is 11.0 Å². The Bertz CT molecular complexity index is 891. The van der Waals surface area contributed by atoms with Gasteiger partial charge in [-0.25, -0.2) is 4.68 Å². The Morgan fingerprint density at radius 2 is 1.84 bits per heavy atom. The molecule has 1 aliphatic carbocycles. The van der Waals surface area contributed by atoms with Gasteiger partial charge in [0.2, 0.25) is 11.1 Å². The Morgan fingerprint density at radius 3 is 2.55 bits per heavy atom. The van der Waals surface area contributed by atoms with E-state index in [4.69, 9.17) is 0 Å². The minimum Gasteiger partial charge on any atom is -0.368 e. The number of rotatable bonds is 5. The van der Waals surface area contributed by atoms with E-state index in [9.17, 15) is 18.0 Å². The van der Waals surface area contributed by atoms with Gasteiger partial charge in [-0.15, -0.1) is 5.10 Å². The van der Waals surface area contributed by atoms with Gasteiger partial charge in [0.05, 0.1) is 17.4 Å². The second-order valence-corrected chi connectivity index (χ2v) is 8.84. The Labute approximate surface area is 183 Å². The van der Waals surface area contributed by atoms with Crippen molar-refractivity contribution in [3.8, 4) is 0 Å². The largest absolute Gasteiger partial charge is 0.416 e. The first-order chi connectivity index (χ1) is 14.9. The number of thioether (sulfide) groups is 1. The number of nitrogens with zero attached hydrogens (tertiary/aromatic N) is 6. The van der Waals surface area contributed by atoms with Gasteiger partial charge in [0.25, 0.3) is 0 Å². The minimum absolute atomic E-state index is 0.00751. The van der Waals surface area contributed by atoms with Crippen molar-refractivity contribution in [2.75, 3.05) is 36.8 Å². The molecule has 0 bridgehead atoms. The van der Waals surface area contributed by atoms with Gasteiger partial charge in [0, 0.05) is 31.9 Å². The summed E-state index contributed by atoms with van der Waals surface area (Å²) in [6.07, 6.45) is 1.34. The van der Waals surface area contributed by atoms with Crippen molar-refractivity contribution in [3.05, 3.63) is 29.8 Å². The molecule has 168 valence electrons. The normalized spacial score (nSPS) is 18.4. The van der Waals surface area contributed by atoms with E-state index >= 15 is 0 Å². The van der Waals surface area contributed by atoms with E-state index in [0.29, 0.717) is 43.1 Å². The summed E-state index contributed by atoms with van der Waals surface area (Å²) in [4.78, 5) is 16.3. The van der Waals surface area contributed by atoms with E-state index in [1.165, 1.54) is 43.2 Å². The van der Waals surface area contributed by atoms with Gasteiger partial charge >= 0.3 is 6.18 Å². The second-order valence-electron chi connectivity index (χ2n) is 7.90. The number of aromatic nitrogens is 4. The first kappa shape index (κ1) is 21.9. The molecule has 1 aromatic carbocycles. The number of carbonyl (C=O) groups is 1. The smallest absolute Gasteiger partial charge is 0.368 e. The van der Waals surface area contributed by atoms with Crippen molar-refractivity contribution < 1.29 is 18.0 Å². The molecule has 31 heavy (non-hydrogen) atoms. The molecule has 2 heterocycles. The Morgan fingerprint density at radius 1 is 1.10 bits per heavy atom. The van der Waals surface area contributed by atoms with Gasteiger partial charge in [0.15, 0.2) is 0 Å². The van der Waals surface area contributed by atoms with Crippen LogP contribution in [0.3, 0.4) is 0 Å². The SMILES string of the molecule is O=C(CSc1nnnn1C1CCCCC1)N1CCN(c2cccc(C(F)(F)F)c2)CC1. The second kappa shape index (κ2) is 9.46. The first-order valence-corrected chi connectivity index (χ1v) is 11.5. The lowest BCUT2D eigenvalue weighted by atomic mass is 9.96. The molecule has 0 unspecified atom stereocenters. The van der Waals surface area contributed by atoms with Gasteiger partial charge < -0.3 is 9.80 Å². The maximum absolute atomic E-state index is 13.0. The van der Waals surface area contributed by atoms with Crippen LogP contribution in [0.15, 0.2) is 29.4 Å². The van der Waals surface area contributed by atoms with Crippen molar-refractivity contribution in [3.63, 3.8) is 0 Å². The number of carbonyl (C=O) groups excluding carboxylic acids is 1. The number of tetrazole rings is 1. The fourth-order valence-corrected chi connectivity index (χ4v) is 4.99. The summed E-state index contributed by atoms with van der Waals surface area (Å²) in [6.45, 7) is 1.95. The van der Waals surface area contributed by atoms with Crippen molar-refractivity contribution in [1.82, 2.24) is 25.1 Å². The Hall–Kier alpha value is -2.30. The number of alkyl halides is 3. The first-order valence-electron chi connectivity index (χ1n) is 10.5. The molecule has 0 spiro atoms. The summed E-state index contributed by atoms with van der Waals surface area (Å²) < 4.78 is 40.7. The summed E-state index contributed by atoms with van der Waals surface area (Å²) in [5, 5.41) is 12.7. The molecule has 1 aliphatic heterocycles. The maximum Gasteiger partial charge on any atom is 0.416 e. The molecule has 0 radical (unpaired) electrons. The number of hydrogen-bond donors (Lipinski definition) is 0. The third kappa shape index (κ3) is 5.31. The van der Waals surface area contributed by atoms with Crippen LogP contribution in [-0.4, -0.2) is 62.9 Å². The van der Waals surface area contributed by atoms with Crippen LogP contribution in [0, 0.1) is 0 Å². The minimum atomic E-state index is -4.36. The zero-order valence-corrected chi connectivity index (χ0v) is 17.9. The Balaban J connectivity index is 1.29. The van der Waals surface area contributed by atoms with Crippen LogP contribution in [0.4, 0.5) is 18.9 Å². The van der Waals surface area contributed by atoms with E-state index in [0.717, 1.165) is 18.9 Å². The maximum atomic E-state index is 13.0. The molecule has 2 aliphatic rings. The zero-order chi connectivity index (χ0) is 21.8. The van der Waals surface area contributed by atoms with Crippen molar-refractivity contribution in [2.24, 2.45) is 0 Å². The standard InChI is InChI=1S/C20H25F3N6OS/c21-20(22,23)15-5-4-8-17(13-15)27-9-11-28(12-10-27)18(30)14-31-19-24-25-26-29(19)16-6-2-1-3-7-16/h4-5,8,13,16H,1-3,6-7,9-12,14H2. The predicted molar refractivity (Wildman–Crippen MR) is 111 cm³/mol. The van der Waals surface area contributed by atoms with Crippen LogP contribution in [-0.2, 0) is 11.0 Å². The van der Waals surface area contributed by atoms with Crippen LogP contribution in [0.2, 0.25) is 0 Å². The lowest BCUT2D eigenvalue weighted by Crippen LogP contribution is -2.49. The van der Waals surface area contributed by atoms with Gasteiger partial charge in [-0.2, -0.15) is 13.2 Å². The number of benzene rings is 1. The third-order valence-electron chi connectivity index (χ3n) is 5.88. The average molecular weight is 455 g/mol. The quantitative estimate of drug-likeness (QED) is 0.643. The van der Waals surface area contributed by atoms with Gasteiger partial charge in [-0.1, -0.05) is 37.1 Å². The lowest BCUT2D eigenvalue weighted by molar-refractivity contribution is -0.137. The molecular formula is C20H25F3N6OS. The average Bonchev–Trinajstić information content (AvgIpc) is 3.26. The van der Waals surface area contributed by atoms with Crippen molar-refractivity contribution in [2.45, 2.75) is 49.5 Å². The molecule has 7 nitrogen and oxygen atoms in total. The zero-order valence-electron chi connectivity index (χ0n) is 17.1. The number of anilines is 1. The highest BCUT2D eigenvalue weighted by Crippen LogP contribution is 2.32. The number of piperazine rings is 1. The van der Waals surface area contributed by atoms with Gasteiger partial charge in [-0.3, -0.25) is 4.79 Å². The molecule has 0 atom stereocenters. The van der Waals surface area contributed by atoms with Gasteiger partial charge in [-0.05, 0) is 41.5 Å². The third-order valence-corrected chi connectivity index (χ3v) is 6.80. The highest BCUT2D eigenvalue weighted by molar-refractivity contribution is 7.99. The molecule has 11 heteroatoms. The van der Waals surface area contributed by atoms with Crippen LogP contribution in [0.1, 0.15) is 43.7 Å². The molecule has 0 N–H and O–H groups in total. The summed E-state index contributed by atoms with van der Waals surface area (Å²) in [5.41, 5.74) is -0.126. The van der Waals surface area contributed by atoms with E-state index in [2.05, 4.69) is 15.5 Å². The lowest BCUT2D eigenvalue weighted by Gasteiger charge is -2.36. The van der Waals surface area contributed by atoms with Gasteiger partial charge in [0.1, 0.15) is 0 Å². The number of amides is 1. The summed E-state index contributed by atoms with van der Waals surface area (Å²) in [7, 11) is 0. The van der Waals surface area contributed by atoms with Crippen LogP contribution >= 0.6 is 11.8 Å². The summed E-state index contributed by atoms with van der Waals surface area (Å²) >= 11 is 1.35.